The quantitative estimate of drug-likeness (QED) is 0.820. The van der Waals surface area contributed by atoms with Crippen molar-refractivity contribution in [3.8, 4) is 18.1 Å². The minimum Gasteiger partial charge on any atom is -0.481 e. The van der Waals surface area contributed by atoms with E-state index < -0.39 is 0 Å². The van der Waals surface area contributed by atoms with Crippen molar-refractivity contribution >= 4 is 0 Å². The molecule has 1 aliphatic carbocycles. The van der Waals surface area contributed by atoms with Crippen LogP contribution in [-0.2, 0) is 6.54 Å². The number of hydrogen-bond acceptors (Lipinski definition) is 2. The number of ether oxygens (including phenoxy) is 1. The van der Waals surface area contributed by atoms with Crippen molar-refractivity contribution in [3.63, 3.8) is 0 Å². The van der Waals surface area contributed by atoms with E-state index in [4.69, 9.17) is 11.2 Å². The van der Waals surface area contributed by atoms with Crippen molar-refractivity contribution in [2.75, 3.05) is 6.61 Å². The average Bonchev–Trinajstić information content (AvgIpc) is 2.44. The highest BCUT2D eigenvalue weighted by Crippen LogP contribution is 2.18. The summed E-state index contributed by atoms with van der Waals surface area (Å²) < 4.78 is 5.46. The molecule has 1 aliphatic rings. The molecule has 1 saturated carbocycles. The van der Waals surface area contributed by atoms with Crippen LogP contribution in [0.2, 0.25) is 0 Å². The number of terminal acetylenes is 1. The predicted octanol–water partition coefficient (Wildman–Crippen LogP) is 3.90. The zero-order chi connectivity index (χ0) is 14.0. The van der Waals surface area contributed by atoms with E-state index >= 15 is 0 Å². The Balaban J connectivity index is 1.81. The van der Waals surface area contributed by atoms with Crippen LogP contribution in [0.4, 0.5) is 0 Å². The van der Waals surface area contributed by atoms with Crippen LogP contribution in [0.1, 0.15) is 50.5 Å². The van der Waals surface area contributed by atoms with Gasteiger partial charge >= 0.3 is 0 Å². The van der Waals surface area contributed by atoms with Crippen molar-refractivity contribution in [2.45, 2.75) is 57.5 Å². The third-order valence-corrected chi connectivity index (χ3v) is 3.92. The normalized spacial score (nSPS) is 16.9. The monoisotopic (exact) mass is 271 g/mol. The van der Waals surface area contributed by atoms with Crippen molar-refractivity contribution in [1.29, 1.82) is 0 Å². The van der Waals surface area contributed by atoms with E-state index in [2.05, 4.69) is 23.4 Å². The van der Waals surface area contributed by atoms with Crippen LogP contribution < -0.4 is 10.1 Å². The van der Waals surface area contributed by atoms with Crippen molar-refractivity contribution in [2.24, 2.45) is 0 Å². The van der Waals surface area contributed by atoms with Gasteiger partial charge in [-0.2, -0.15) is 0 Å². The van der Waals surface area contributed by atoms with Gasteiger partial charge in [-0.15, -0.1) is 6.42 Å². The average molecular weight is 271 g/mol. The SMILES string of the molecule is C#CCOc1cccc(CNC2CCCCCCC2)c1. The summed E-state index contributed by atoms with van der Waals surface area (Å²) in [6, 6.07) is 8.87. The Morgan fingerprint density at radius 2 is 1.90 bits per heavy atom. The highest BCUT2D eigenvalue weighted by molar-refractivity contribution is 5.28. The smallest absolute Gasteiger partial charge is 0.148 e. The first-order chi connectivity index (χ1) is 9.88. The molecule has 0 bridgehead atoms. The van der Waals surface area contributed by atoms with Gasteiger partial charge in [-0.25, -0.2) is 0 Å². The molecule has 1 fully saturated rings. The molecule has 0 aliphatic heterocycles. The highest BCUT2D eigenvalue weighted by Gasteiger charge is 2.10. The minimum absolute atomic E-state index is 0.333. The van der Waals surface area contributed by atoms with Crippen molar-refractivity contribution < 1.29 is 4.74 Å². The van der Waals surface area contributed by atoms with Crippen LogP contribution in [0.3, 0.4) is 0 Å². The second-order valence-corrected chi connectivity index (χ2v) is 5.56. The molecule has 0 amide bonds. The molecule has 0 atom stereocenters. The molecule has 0 unspecified atom stereocenters. The molecule has 1 aromatic rings. The lowest BCUT2D eigenvalue weighted by Gasteiger charge is -2.21. The number of hydrogen-bond donors (Lipinski definition) is 1. The zero-order valence-electron chi connectivity index (χ0n) is 12.2. The van der Waals surface area contributed by atoms with Crippen LogP contribution in [0.5, 0.6) is 5.75 Å². The maximum Gasteiger partial charge on any atom is 0.148 e. The molecule has 2 heteroatoms. The van der Waals surface area contributed by atoms with Gasteiger partial charge in [-0.05, 0) is 30.5 Å². The van der Waals surface area contributed by atoms with Crippen LogP contribution >= 0.6 is 0 Å². The summed E-state index contributed by atoms with van der Waals surface area (Å²) in [5, 5.41) is 3.69. The lowest BCUT2D eigenvalue weighted by molar-refractivity contribution is 0.368. The van der Waals surface area contributed by atoms with Crippen LogP contribution in [0, 0.1) is 12.3 Å². The first kappa shape index (κ1) is 14.9. The minimum atomic E-state index is 0.333. The maximum absolute atomic E-state index is 5.46. The summed E-state index contributed by atoms with van der Waals surface area (Å²) >= 11 is 0. The van der Waals surface area contributed by atoms with E-state index in [9.17, 15) is 0 Å². The Bertz CT molecular complexity index is 427. The summed E-state index contributed by atoms with van der Waals surface area (Å²) in [4.78, 5) is 0. The summed E-state index contributed by atoms with van der Waals surface area (Å²) in [5.74, 6) is 3.36. The second kappa shape index (κ2) is 8.66. The maximum atomic E-state index is 5.46. The van der Waals surface area contributed by atoms with Gasteiger partial charge in [0.05, 0.1) is 0 Å². The summed E-state index contributed by atoms with van der Waals surface area (Å²) in [6.07, 6.45) is 14.8. The van der Waals surface area contributed by atoms with Gasteiger partial charge in [0.2, 0.25) is 0 Å². The Hall–Kier alpha value is -1.46. The Kier molecular flexibility index (Phi) is 6.47. The Morgan fingerprint density at radius 1 is 1.15 bits per heavy atom. The van der Waals surface area contributed by atoms with Crippen molar-refractivity contribution in [3.05, 3.63) is 29.8 Å². The van der Waals surface area contributed by atoms with E-state index in [0.29, 0.717) is 12.6 Å². The molecule has 2 nitrogen and oxygen atoms in total. The van der Waals surface area contributed by atoms with Gasteiger partial charge < -0.3 is 10.1 Å². The van der Waals surface area contributed by atoms with E-state index in [0.717, 1.165) is 12.3 Å². The molecule has 0 radical (unpaired) electrons. The van der Waals surface area contributed by atoms with Gasteiger partial charge in [0, 0.05) is 12.6 Å². The fourth-order valence-corrected chi connectivity index (χ4v) is 2.79. The number of nitrogens with one attached hydrogen (secondary N) is 1. The molecule has 108 valence electrons. The zero-order valence-corrected chi connectivity index (χ0v) is 12.2. The van der Waals surface area contributed by atoms with Gasteiger partial charge in [0.15, 0.2) is 0 Å². The summed E-state index contributed by atoms with van der Waals surface area (Å²) in [5.41, 5.74) is 1.27. The molecule has 1 aromatic carbocycles. The molecule has 0 spiro atoms. The van der Waals surface area contributed by atoms with E-state index in [-0.39, 0.29) is 0 Å². The van der Waals surface area contributed by atoms with E-state index in [1.54, 1.807) is 0 Å². The molecular formula is C18H25NO. The van der Waals surface area contributed by atoms with E-state index in [1.807, 2.05) is 12.1 Å². The van der Waals surface area contributed by atoms with Gasteiger partial charge in [0.1, 0.15) is 12.4 Å². The highest BCUT2D eigenvalue weighted by atomic mass is 16.5. The molecule has 0 aromatic heterocycles. The van der Waals surface area contributed by atoms with E-state index in [1.165, 1.54) is 50.5 Å². The molecule has 20 heavy (non-hydrogen) atoms. The lowest BCUT2D eigenvalue weighted by atomic mass is 9.96. The Morgan fingerprint density at radius 3 is 2.65 bits per heavy atom. The van der Waals surface area contributed by atoms with Gasteiger partial charge in [-0.3, -0.25) is 0 Å². The van der Waals surface area contributed by atoms with Gasteiger partial charge in [-0.1, -0.05) is 50.2 Å². The predicted molar refractivity (Wildman–Crippen MR) is 83.7 cm³/mol. The number of benzene rings is 1. The fraction of sp³-hybridized carbons (Fsp3) is 0.556. The van der Waals surface area contributed by atoms with Crippen LogP contribution in [0.15, 0.2) is 24.3 Å². The molecule has 2 rings (SSSR count). The van der Waals surface area contributed by atoms with Crippen LogP contribution in [0.25, 0.3) is 0 Å². The van der Waals surface area contributed by atoms with Gasteiger partial charge in [0.25, 0.3) is 0 Å². The Labute approximate surface area is 122 Å². The summed E-state index contributed by atoms with van der Waals surface area (Å²) in [6.45, 7) is 1.25. The van der Waals surface area contributed by atoms with Crippen molar-refractivity contribution in [1.82, 2.24) is 5.32 Å². The fourth-order valence-electron chi connectivity index (χ4n) is 2.79. The first-order valence-electron chi connectivity index (χ1n) is 7.77. The topological polar surface area (TPSA) is 21.3 Å². The molecular weight excluding hydrogens is 246 g/mol. The first-order valence-corrected chi connectivity index (χ1v) is 7.77. The number of rotatable bonds is 5. The standard InChI is InChI=1S/C18H25NO/c1-2-13-20-18-12-8-9-16(14-18)15-19-17-10-6-4-3-5-7-11-17/h1,8-9,12,14,17,19H,3-7,10-11,13,15H2. The molecule has 0 saturated heterocycles. The molecule has 0 heterocycles. The largest absolute Gasteiger partial charge is 0.481 e. The third-order valence-electron chi connectivity index (χ3n) is 3.92. The summed E-state index contributed by atoms with van der Waals surface area (Å²) in [7, 11) is 0. The van der Waals surface area contributed by atoms with Crippen LogP contribution in [-0.4, -0.2) is 12.6 Å². The second-order valence-electron chi connectivity index (χ2n) is 5.56. The lowest BCUT2D eigenvalue weighted by Crippen LogP contribution is -2.29. The third kappa shape index (κ3) is 5.27. The molecule has 1 N–H and O–H groups in total.